The number of rotatable bonds is 5. The maximum Gasteiger partial charge on any atom is 0.243 e. The van der Waals surface area contributed by atoms with E-state index in [0.29, 0.717) is 24.5 Å². The monoisotopic (exact) mass is 369 g/mol. The zero-order valence-electron chi connectivity index (χ0n) is 13.5. The molecule has 0 aliphatic carbocycles. The number of sulfonamides is 1. The zero-order chi connectivity index (χ0) is 17.0. The standard InChI is InChI=1S/C16H23N3O3S2/c20-16(15-11-23-12-18-15)17-10-13-5-4-6-14(9-13)24(21,22)19-7-2-1-3-8-19/h4-6,9,15,18H,1-3,7-8,10-12H2,(H,17,20). The van der Waals surface area contributed by atoms with Gasteiger partial charge in [-0.25, -0.2) is 8.42 Å². The molecule has 0 spiro atoms. The molecule has 1 atom stereocenters. The summed E-state index contributed by atoms with van der Waals surface area (Å²) in [6, 6.07) is 6.72. The summed E-state index contributed by atoms with van der Waals surface area (Å²) < 4.78 is 27.0. The first-order valence-corrected chi connectivity index (χ1v) is 10.8. The highest BCUT2D eigenvalue weighted by Crippen LogP contribution is 2.21. The highest BCUT2D eigenvalue weighted by atomic mass is 32.2. The van der Waals surface area contributed by atoms with Crippen molar-refractivity contribution in [1.29, 1.82) is 0 Å². The van der Waals surface area contributed by atoms with Crippen LogP contribution in [0.1, 0.15) is 24.8 Å². The normalized spacial score (nSPS) is 22.4. The summed E-state index contributed by atoms with van der Waals surface area (Å²) in [4.78, 5) is 12.3. The minimum absolute atomic E-state index is 0.0377. The fraction of sp³-hybridized carbons (Fsp3) is 0.562. The molecule has 6 nitrogen and oxygen atoms in total. The molecular formula is C16H23N3O3S2. The Bertz CT molecular complexity index is 682. The summed E-state index contributed by atoms with van der Waals surface area (Å²) >= 11 is 1.70. The van der Waals surface area contributed by atoms with Crippen molar-refractivity contribution >= 4 is 27.7 Å². The van der Waals surface area contributed by atoms with E-state index in [4.69, 9.17) is 0 Å². The Labute approximate surface area is 147 Å². The molecule has 1 amide bonds. The molecule has 24 heavy (non-hydrogen) atoms. The number of nitrogens with one attached hydrogen (secondary N) is 2. The van der Waals surface area contributed by atoms with Crippen LogP contribution in [0.15, 0.2) is 29.2 Å². The van der Waals surface area contributed by atoms with Crippen LogP contribution in [0.25, 0.3) is 0 Å². The lowest BCUT2D eigenvalue weighted by Crippen LogP contribution is -2.41. The number of nitrogens with zero attached hydrogens (tertiary/aromatic N) is 1. The van der Waals surface area contributed by atoms with E-state index < -0.39 is 10.0 Å². The van der Waals surface area contributed by atoms with Gasteiger partial charge in [0.15, 0.2) is 0 Å². The molecule has 2 fully saturated rings. The van der Waals surface area contributed by atoms with E-state index >= 15 is 0 Å². The van der Waals surface area contributed by atoms with Crippen LogP contribution in [0.2, 0.25) is 0 Å². The van der Waals surface area contributed by atoms with Crippen LogP contribution in [-0.4, -0.2) is 49.4 Å². The molecule has 1 aromatic carbocycles. The van der Waals surface area contributed by atoms with E-state index in [1.54, 1.807) is 34.3 Å². The second kappa shape index (κ2) is 7.86. The Morgan fingerprint density at radius 1 is 1.29 bits per heavy atom. The van der Waals surface area contributed by atoms with Gasteiger partial charge in [0.1, 0.15) is 0 Å². The van der Waals surface area contributed by atoms with Gasteiger partial charge >= 0.3 is 0 Å². The number of hydrogen-bond donors (Lipinski definition) is 2. The smallest absolute Gasteiger partial charge is 0.243 e. The summed E-state index contributed by atoms with van der Waals surface area (Å²) in [6.07, 6.45) is 2.92. The molecule has 1 aromatic rings. The molecule has 132 valence electrons. The summed E-state index contributed by atoms with van der Waals surface area (Å²) in [5.74, 6) is 1.53. The molecule has 2 heterocycles. The topological polar surface area (TPSA) is 78.5 Å². The maximum absolute atomic E-state index is 12.7. The van der Waals surface area contributed by atoms with Gasteiger partial charge in [-0.3, -0.25) is 10.1 Å². The molecular weight excluding hydrogens is 346 g/mol. The number of benzene rings is 1. The van der Waals surface area contributed by atoms with Crippen LogP contribution < -0.4 is 10.6 Å². The van der Waals surface area contributed by atoms with Gasteiger partial charge in [-0.05, 0) is 30.5 Å². The summed E-state index contributed by atoms with van der Waals surface area (Å²) in [6.45, 7) is 1.52. The molecule has 0 aromatic heterocycles. The molecule has 2 N–H and O–H groups in total. The van der Waals surface area contributed by atoms with E-state index in [0.717, 1.165) is 36.5 Å². The predicted octanol–water partition coefficient (Wildman–Crippen LogP) is 1.14. The van der Waals surface area contributed by atoms with E-state index in [9.17, 15) is 13.2 Å². The predicted molar refractivity (Wildman–Crippen MR) is 95.1 cm³/mol. The maximum atomic E-state index is 12.7. The average Bonchev–Trinajstić information content (AvgIpc) is 3.15. The van der Waals surface area contributed by atoms with Gasteiger partial charge in [0.25, 0.3) is 0 Å². The van der Waals surface area contributed by atoms with Crippen LogP contribution in [0.3, 0.4) is 0 Å². The molecule has 2 aliphatic rings. The van der Waals surface area contributed by atoms with Crippen molar-refractivity contribution in [3.05, 3.63) is 29.8 Å². The Hall–Kier alpha value is -1.09. The second-order valence-electron chi connectivity index (χ2n) is 6.10. The minimum atomic E-state index is -3.43. The lowest BCUT2D eigenvalue weighted by Gasteiger charge is -2.26. The summed E-state index contributed by atoms with van der Waals surface area (Å²) in [5.41, 5.74) is 0.798. The van der Waals surface area contributed by atoms with Crippen molar-refractivity contribution in [1.82, 2.24) is 14.9 Å². The molecule has 0 saturated carbocycles. The molecule has 0 radical (unpaired) electrons. The van der Waals surface area contributed by atoms with Gasteiger partial charge < -0.3 is 5.32 Å². The lowest BCUT2D eigenvalue weighted by molar-refractivity contribution is -0.122. The Kier molecular flexibility index (Phi) is 5.80. The first-order valence-electron chi connectivity index (χ1n) is 8.25. The molecule has 2 aliphatic heterocycles. The molecule has 0 bridgehead atoms. The van der Waals surface area contributed by atoms with E-state index in [1.807, 2.05) is 6.07 Å². The molecule has 2 saturated heterocycles. The van der Waals surface area contributed by atoms with Crippen molar-refractivity contribution in [2.24, 2.45) is 0 Å². The van der Waals surface area contributed by atoms with Gasteiger partial charge in [0.05, 0.1) is 10.9 Å². The molecule has 8 heteroatoms. The number of carbonyl (C=O) groups excluding carboxylic acids is 1. The lowest BCUT2D eigenvalue weighted by atomic mass is 10.2. The van der Waals surface area contributed by atoms with Gasteiger partial charge in [-0.1, -0.05) is 18.6 Å². The van der Waals surface area contributed by atoms with Crippen molar-refractivity contribution < 1.29 is 13.2 Å². The van der Waals surface area contributed by atoms with Crippen molar-refractivity contribution in [2.75, 3.05) is 24.7 Å². The summed E-state index contributed by atoms with van der Waals surface area (Å²) in [5, 5.41) is 6.00. The van der Waals surface area contributed by atoms with E-state index in [-0.39, 0.29) is 11.9 Å². The van der Waals surface area contributed by atoms with Crippen molar-refractivity contribution in [3.8, 4) is 0 Å². The van der Waals surface area contributed by atoms with E-state index in [2.05, 4.69) is 10.6 Å². The Morgan fingerprint density at radius 2 is 2.08 bits per heavy atom. The highest BCUT2D eigenvalue weighted by molar-refractivity contribution is 7.99. The molecule has 1 unspecified atom stereocenters. The number of thioether (sulfide) groups is 1. The summed E-state index contributed by atoms with van der Waals surface area (Å²) in [7, 11) is -3.43. The second-order valence-corrected chi connectivity index (χ2v) is 9.07. The zero-order valence-corrected chi connectivity index (χ0v) is 15.2. The van der Waals surface area contributed by atoms with Crippen LogP contribution in [0, 0.1) is 0 Å². The average molecular weight is 370 g/mol. The number of carbonyl (C=O) groups is 1. The Morgan fingerprint density at radius 3 is 2.79 bits per heavy atom. The number of amides is 1. The fourth-order valence-corrected chi connectivity index (χ4v) is 5.48. The van der Waals surface area contributed by atoms with Crippen molar-refractivity contribution in [3.63, 3.8) is 0 Å². The van der Waals surface area contributed by atoms with Gasteiger partial charge in [-0.2, -0.15) is 4.31 Å². The van der Waals surface area contributed by atoms with Crippen LogP contribution in [0.5, 0.6) is 0 Å². The van der Waals surface area contributed by atoms with Gasteiger partial charge in [0, 0.05) is 31.3 Å². The first kappa shape index (κ1) is 17.7. The largest absolute Gasteiger partial charge is 0.351 e. The quantitative estimate of drug-likeness (QED) is 0.814. The highest BCUT2D eigenvalue weighted by Gasteiger charge is 2.26. The number of piperidine rings is 1. The third-order valence-electron chi connectivity index (χ3n) is 4.35. The van der Waals surface area contributed by atoms with Crippen LogP contribution in [0.4, 0.5) is 0 Å². The van der Waals surface area contributed by atoms with Crippen LogP contribution >= 0.6 is 11.8 Å². The Balaban J connectivity index is 1.66. The van der Waals surface area contributed by atoms with Crippen LogP contribution in [-0.2, 0) is 21.4 Å². The fourth-order valence-electron chi connectivity index (χ4n) is 2.95. The minimum Gasteiger partial charge on any atom is -0.351 e. The third-order valence-corrected chi connectivity index (χ3v) is 7.19. The molecule has 3 rings (SSSR count). The van der Waals surface area contributed by atoms with Crippen molar-refractivity contribution in [2.45, 2.75) is 36.7 Å². The van der Waals surface area contributed by atoms with Gasteiger partial charge in [-0.15, -0.1) is 11.8 Å². The SMILES string of the molecule is O=C(NCc1cccc(S(=O)(=O)N2CCCCC2)c1)C1CSCN1. The first-order chi connectivity index (χ1) is 11.6. The van der Waals surface area contributed by atoms with Gasteiger partial charge in [0.2, 0.25) is 15.9 Å². The third kappa shape index (κ3) is 4.11. The van der Waals surface area contributed by atoms with E-state index in [1.165, 1.54) is 0 Å². The number of hydrogen-bond acceptors (Lipinski definition) is 5.